The summed E-state index contributed by atoms with van der Waals surface area (Å²) in [5.74, 6) is -1.28. The fourth-order valence-electron chi connectivity index (χ4n) is 2.31. The highest BCUT2D eigenvalue weighted by Crippen LogP contribution is 2.45. The van der Waals surface area contributed by atoms with Gasteiger partial charge in [0.2, 0.25) is 5.78 Å². The SMILES string of the molecule is C=Cc1ccccc1C1=C(OC)C(OC)(OC)C1=O. The van der Waals surface area contributed by atoms with Crippen molar-refractivity contribution >= 4 is 17.4 Å². The maximum atomic E-state index is 12.4. The highest BCUT2D eigenvalue weighted by molar-refractivity contribution is 6.33. The van der Waals surface area contributed by atoms with Crippen molar-refractivity contribution in [2.24, 2.45) is 0 Å². The average molecular weight is 260 g/mol. The van der Waals surface area contributed by atoms with Crippen molar-refractivity contribution in [1.29, 1.82) is 0 Å². The van der Waals surface area contributed by atoms with Crippen LogP contribution in [0.15, 0.2) is 36.6 Å². The number of ketones is 1. The number of carbonyl (C=O) groups excluding carboxylic acids is 1. The first-order chi connectivity index (χ1) is 9.16. The normalized spacial score (nSPS) is 17.1. The van der Waals surface area contributed by atoms with Crippen molar-refractivity contribution in [1.82, 2.24) is 0 Å². The summed E-state index contributed by atoms with van der Waals surface area (Å²) in [6.07, 6.45) is 1.70. The van der Waals surface area contributed by atoms with Gasteiger partial charge in [0.05, 0.1) is 12.7 Å². The van der Waals surface area contributed by atoms with E-state index in [2.05, 4.69) is 6.58 Å². The molecule has 0 unspecified atom stereocenters. The van der Waals surface area contributed by atoms with E-state index in [9.17, 15) is 4.79 Å². The molecule has 1 aliphatic rings. The molecule has 0 N–H and O–H groups in total. The van der Waals surface area contributed by atoms with Crippen LogP contribution in [0.3, 0.4) is 0 Å². The molecule has 0 saturated carbocycles. The molecule has 1 aromatic carbocycles. The second-order valence-electron chi connectivity index (χ2n) is 4.05. The third-order valence-electron chi connectivity index (χ3n) is 3.28. The number of hydrogen-bond donors (Lipinski definition) is 0. The Kier molecular flexibility index (Phi) is 3.55. The van der Waals surface area contributed by atoms with Gasteiger partial charge < -0.3 is 14.2 Å². The van der Waals surface area contributed by atoms with Gasteiger partial charge in [-0.15, -0.1) is 0 Å². The van der Waals surface area contributed by atoms with E-state index in [1.807, 2.05) is 24.3 Å². The van der Waals surface area contributed by atoms with E-state index in [1.54, 1.807) is 6.08 Å². The van der Waals surface area contributed by atoms with Gasteiger partial charge in [-0.2, -0.15) is 0 Å². The molecule has 0 fully saturated rings. The lowest BCUT2D eigenvalue weighted by Crippen LogP contribution is -2.54. The number of benzene rings is 1. The lowest BCUT2D eigenvalue weighted by atomic mass is 9.80. The summed E-state index contributed by atoms with van der Waals surface area (Å²) in [7, 11) is 4.32. The van der Waals surface area contributed by atoms with Crippen LogP contribution in [0.2, 0.25) is 0 Å². The van der Waals surface area contributed by atoms with Crippen LogP contribution in [0.5, 0.6) is 0 Å². The topological polar surface area (TPSA) is 44.8 Å². The average Bonchev–Trinajstić information content (AvgIpc) is 2.46. The molecule has 0 saturated heterocycles. The zero-order valence-corrected chi connectivity index (χ0v) is 11.2. The number of ether oxygens (including phenoxy) is 3. The molecule has 0 radical (unpaired) electrons. The molecule has 0 bridgehead atoms. The third kappa shape index (κ3) is 1.72. The summed E-state index contributed by atoms with van der Waals surface area (Å²) in [5, 5.41) is 0. The summed E-state index contributed by atoms with van der Waals surface area (Å²) in [4.78, 5) is 12.4. The highest BCUT2D eigenvalue weighted by atomic mass is 16.7. The standard InChI is InChI=1S/C15H16O4/c1-5-10-8-6-7-9-11(10)12-13(16)15(18-3,19-4)14(12)17-2/h5-9H,1H2,2-4H3. The van der Waals surface area contributed by atoms with Crippen LogP contribution in [0.1, 0.15) is 11.1 Å². The molecule has 0 spiro atoms. The molecular formula is C15H16O4. The van der Waals surface area contributed by atoms with Gasteiger partial charge in [0, 0.05) is 14.2 Å². The van der Waals surface area contributed by atoms with Crippen LogP contribution in [0.25, 0.3) is 11.6 Å². The van der Waals surface area contributed by atoms with E-state index >= 15 is 0 Å². The first kappa shape index (κ1) is 13.5. The Balaban J connectivity index is 2.62. The molecule has 100 valence electrons. The molecule has 19 heavy (non-hydrogen) atoms. The molecule has 2 rings (SSSR count). The quantitative estimate of drug-likeness (QED) is 0.762. The van der Waals surface area contributed by atoms with Crippen molar-refractivity contribution < 1.29 is 19.0 Å². The molecular weight excluding hydrogens is 244 g/mol. The van der Waals surface area contributed by atoms with Crippen LogP contribution < -0.4 is 0 Å². The Morgan fingerprint density at radius 1 is 1.16 bits per heavy atom. The fourth-order valence-corrected chi connectivity index (χ4v) is 2.31. The Morgan fingerprint density at radius 2 is 1.79 bits per heavy atom. The van der Waals surface area contributed by atoms with Gasteiger partial charge in [-0.3, -0.25) is 4.79 Å². The van der Waals surface area contributed by atoms with Crippen LogP contribution >= 0.6 is 0 Å². The molecule has 0 amide bonds. The van der Waals surface area contributed by atoms with Crippen LogP contribution in [-0.2, 0) is 19.0 Å². The molecule has 1 aromatic rings. The molecule has 0 heterocycles. The first-order valence-corrected chi connectivity index (χ1v) is 5.82. The maximum absolute atomic E-state index is 12.4. The van der Waals surface area contributed by atoms with E-state index < -0.39 is 5.79 Å². The molecule has 4 heteroatoms. The lowest BCUT2D eigenvalue weighted by Gasteiger charge is -2.39. The van der Waals surface area contributed by atoms with Gasteiger partial charge >= 0.3 is 0 Å². The summed E-state index contributed by atoms with van der Waals surface area (Å²) in [5.41, 5.74) is 2.10. The Hall–Kier alpha value is -1.91. The highest BCUT2D eigenvalue weighted by Gasteiger charge is 2.58. The van der Waals surface area contributed by atoms with E-state index in [4.69, 9.17) is 14.2 Å². The molecule has 4 nitrogen and oxygen atoms in total. The number of methoxy groups -OCH3 is 3. The molecule has 1 aliphatic carbocycles. The monoisotopic (exact) mass is 260 g/mol. The Labute approximate surface area is 112 Å². The van der Waals surface area contributed by atoms with Gasteiger partial charge in [-0.1, -0.05) is 36.9 Å². The summed E-state index contributed by atoms with van der Waals surface area (Å²) in [6, 6.07) is 7.47. The van der Waals surface area contributed by atoms with Gasteiger partial charge in [0.1, 0.15) is 0 Å². The summed E-state index contributed by atoms with van der Waals surface area (Å²) >= 11 is 0. The van der Waals surface area contributed by atoms with E-state index in [-0.39, 0.29) is 5.78 Å². The third-order valence-corrected chi connectivity index (χ3v) is 3.28. The fraction of sp³-hybridized carbons (Fsp3) is 0.267. The van der Waals surface area contributed by atoms with Crippen molar-refractivity contribution in [3.63, 3.8) is 0 Å². The van der Waals surface area contributed by atoms with Gasteiger partial charge in [-0.25, -0.2) is 0 Å². The first-order valence-electron chi connectivity index (χ1n) is 5.82. The molecule has 0 aliphatic heterocycles. The molecule has 0 aromatic heterocycles. The van der Waals surface area contributed by atoms with E-state index in [0.717, 1.165) is 11.1 Å². The van der Waals surface area contributed by atoms with Crippen molar-refractivity contribution in [2.75, 3.05) is 21.3 Å². The molecule has 0 atom stereocenters. The predicted molar refractivity (Wildman–Crippen MR) is 72.2 cm³/mol. The summed E-state index contributed by atoms with van der Waals surface area (Å²) < 4.78 is 15.7. The van der Waals surface area contributed by atoms with Crippen molar-refractivity contribution in [3.05, 3.63) is 47.7 Å². The minimum Gasteiger partial charge on any atom is -0.494 e. The zero-order chi connectivity index (χ0) is 14.0. The van der Waals surface area contributed by atoms with E-state index in [1.165, 1.54) is 21.3 Å². The van der Waals surface area contributed by atoms with Crippen LogP contribution in [0, 0.1) is 0 Å². The zero-order valence-electron chi connectivity index (χ0n) is 11.2. The number of carbonyl (C=O) groups is 1. The number of Topliss-reactive ketones (excluding diaryl/α,β-unsaturated/α-hetero) is 1. The second kappa shape index (κ2) is 4.99. The second-order valence-corrected chi connectivity index (χ2v) is 4.05. The maximum Gasteiger partial charge on any atom is 0.294 e. The predicted octanol–water partition coefficient (Wildman–Crippen LogP) is 2.26. The van der Waals surface area contributed by atoms with Gasteiger partial charge in [0.25, 0.3) is 5.79 Å². The van der Waals surface area contributed by atoms with Crippen molar-refractivity contribution in [2.45, 2.75) is 5.79 Å². The van der Waals surface area contributed by atoms with Crippen molar-refractivity contribution in [3.8, 4) is 0 Å². The lowest BCUT2D eigenvalue weighted by molar-refractivity contribution is -0.206. The minimum absolute atomic E-state index is 0.247. The van der Waals surface area contributed by atoms with Gasteiger partial charge in [0.15, 0.2) is 5.76 Å². The van der Waals surface area contributed by atoms with Gasteiger partial charge in [-0.05, 0) is 11.1 Å². The van der Waals surface area contributed by atoms with Crippen LogP contribution in [0.4, 0.5) is 0 Å². The van der Waals surface area contributed by atoms with Crippen LogP contribution in [-0.4, -0.2) is 32.9 Å². The minimum atomic E-state index is -1.42. The summed E-state index contributed by atoms with van der Waals surface area (Å²) in [6.45, 7) is 3.75. The largest absolute Gasteiger partial charge is 0.494 e. The number of rotatable bonds is 5. The number of hydrogen-bond acceptors (Lipinski definition) is 4. The smallest absolute Gasteiger partial charge is 0.294 e. The Bertz CT molecular complexity index is 553. The van der Waals surface area contributed by atoms with E-state index in [0.29, 0.717) is 11.3 Å². The Morgan fingerprint density at radius 3 is 2.32 bits per heavy atom.